The number of piperidine rings is 1. The molecule has 0 unspecified atom stereocenters. The molecular formula is C22H30N2O3. The number of hydrogen-bond donors (Lipinski definition) is 1. The first-order valence-electron chi connectivity index (χ1n) is 9.74. The average molecular weight is 370 g/mol. The second kappa shape index (κ2) is 9.09. The Hall–Kier alpha value is -2.27. The quantitative estimate of drug-likeness (QED) is 0.809. The molecular weight excluding hydrogens is 340 g/mol. The Kier molecular flexibility index (Phi) is 6.56. The van der Waals surface area contributed by atoms with Gasteiger partial charge in [0, 0.05) is 18.7 Å². The molecule has 1 saturated heterocycles. The summed E-state index contributed by atoms with van der Waals surface area (Å²) in [6, 6.07) is 9.87. The van der Waals surface area contributed by atoms with E-state index < -0.39 is 0 Å². The first-order valence-corrected chi connectivity index (χ1v) is 9.74. The monoisotopic (exact) mass is 370 g/mol. The number of benzene rings is 1. The number of rotatable bonds is 7. The summed E-state index contributed by atoms with van der Waals surface area (Å²) in [5, 5.41) is 3.01. The zero-order valence-corrected chi connectivity index (χ0v) is 16.6. The first-order chi connectivity index (χ1) is 13.0. The molecule has 27 heavy (non-hydrogen) atoms. The van der Waals surface area contributed by atoms with Gasteiger partial charge in [-0.1, -0.05) is 17.7 Å². The highest BCUT2D eigenvalue weighted by molar-refractivity contribution is 5.77. The lowest BCUT2D eigenvalue weighted by atomic mass is 9.96. The first kappa shape index (κ1) is 19.5. The van der Waals surface area contributed by atoms with Gasteiger partial charge < -0.3 is 14.5 Å². The van der Waals surface area contributed by atoms with Crippen LogP contribution in [0, 0.1) is 26.7 Å². The van der Waals surface area contributed by atoms with Gasteiger partial charge in [0.1, 0.15) is 17.3 Å². The molecule has 2 heterocycles. The van der Waals surface area contributed by atoms with Gasteiger partial charge in [-0.05, 0) is 70.8 Å². The second-order valence-electron chi connectivity index (χ2n) is 7.56. The number of nitrogens with zero attached hydrogens (tertiary/aromatic N) is 1. The largest absolute Gasteiger partial charge is 0.484 e. The van der Waals surface area contributed by atoms with E-state index in [2.05, 4.69) is 16.3 Å². The van der Waals surface area contributed by atoms with Crippen LogP contribution in [0.5, 0.6) is 5.75 Å². The lowest BCUT2D eigenvalue weighted by Gasteiger charge is -2.31. The molecule has 1 fully saturated rings. The predicted octanol–water partition coefficient (Wildman–Crippen LogP) is 3.61. The van der Waals surface area contributed by atoms with Crippen LogP contribution in [0.3, 0.4) is 0 Å². The molecule has 3 rings (SSSR count). The third-order valence-electron chi connectivity index (χ3n) is 5.22. The molecule has 2 aromatic rings. The zero-order chi connectivity index (χ0) is 19.2. The Bertz CT molecular complexity index is 743. The number of amides is 1. The fraction of sp³-hybridized carbons (Fsp3) is 0.500. The minimum atomic E-state index is -0.0532. The van der Waals surface area contributed by atoms with E-state index in [0.717, 1.165) is 56.3 Å². The van der Waals surface area contributed by atoms with E-state index in [-0.39, 0.29) is 12.5 Å². The average Bonchev–Trinajstić information content (AvgIpc) is 2.97. The highest BCUT2D eigenvalue weighted by atomic mass is 16.5. The van der Waals surface area contributed by atoms with Crippen LogP contribution >= 0.6 is 0 Å². The molecule has 1 aromatic heterocycles. The van der Waals surface area contributed by atoms with E-state index in [0.29, 0.717) is 5.92 Å². The van der Waals surface area contributed by atoms with Crippen molar-refractivity contribution in [2.45, 2.75) is 40.2 Å². The van der Waals surface area contributed by atoms with Crippen molar-refractivity contribution < 1.29 is 13.9 Å². The van der Waals surface area contributed by atoms with Crippen molar-refractivity contribution in [3.05, 3.63) is 53.0 Å². The standard InChI is InChI=1S/C22H30N2O3/c1-16-4-6-21(7-5-16)26-15-22(25)23-13-19-8-10-24(11-9-19)14-20-12-17(2)27-18(20)3/h4-7,12,19H,8-11,13-15H2,1-3H3,(H,23,25). The van der Waals surface area contributed by atoms with Gasteiger partial charge in [-0.2, -0.15) is 0 Å². The number of likely N-dealkylation sites (tertiary alicyclic amines) is 1. The summed E-state index contributed by atoms with van der Waals surface area (Å²) in [5.74, 6) is 3.22. The van der Waals surface area contributed by atoms with E-state index in [1.807, 2.05) is 45.0 Å². The molecule has 1 aliphatic rings. The predicted molar refractivity (Wildman–Crippen MR) is 106 cm³/mol. The van der Waals surface area contributed by atoms with Gasteiger partial charge in [-0.25, -0.2) is 0 Å². The molecule has 0 spiro atoms. The SMILES string of the molecule is Cc1ccc(OCC(=O)NCC2CCN(Cc3cc(C)oc3C)CC2)cc1. The van der Waals surface area contributed by atoms with Crippen LogP contribution in [0.4, 0.5) is 0 Å². The summed E-state index contributed by atoms with van der Waals surface area (Å²) in [5.41, 5.74) is 2.46. The molecule has 1 N–H and O–H groups in total. The molecule has 0 bridgehead atoms. The molecule has 146 valence electrons. The van der Waals surface area contributed by atoms with E-state index in [1.54, 1.807) is 0 Å². The lowest BCUT2D eigenvalue weighted by molar-refractivity contribution is -0.123. The van der Waals surface area contributed by atoms with Crippen molar-refractivity contribution >= 4 is 5.91 Å². The van der Waals surface area contributed by atoms with E-state index >= 15 is 0 Å². The Morgan fingerprint density at radius 1 is 1.19 bits per heavy atom. The maximum atomic E-state index is 12.0. The van der Waals surface area contributed by atoms with Crippen molar-refractivity contribution in [2.75, 3.05) is 26.2 Å². The number of carbonyl (C=O) groups excluding carboxylic acids is 1. The Morgan fingerprint density at radius 2 is 1.89 bits per heavy atom. The maximum Gasteiger partial charge on any atom is 0.257 e. The van der Waals surface area contributed by atoms with Crippen LogP contribution in [-0.4, -0.2) is 37.0 Å². The topological polar surface area (TPSA) is 54.7 Å². The number of ether oxygens (including phenoxy) is 1. The van der Waals surface area contributed by atoms with Gasteiger partial charge in [0.15, 0.2) is 6.61 Å². The van der Waals surface area contributed by atoms with Gasteiger partial charge in [-0.3, -0.25) is 9.69 Å². The second-order valence-corrected chi connectivity index (χ2v) is 7.56. The van der Waals surface area contributed by atoms with Crippen LogP contribution < -0.4 is 10.1 Å². The summed E-state index contributed by atoms with van der Waals surface area (Å²) in [6.07, 6.45) is 2.21. The Balaban J connectivity index is 1.33. The van der Waals surface area contributed by atoms with E-state index in [1.165, 1.54) is 11.1 Å². The van der Waals surface area contributed by atoms with Gasteiger partial charge in [0.05, 0.1) is 0 Å². The van der Waals surface area contributed by atoms with Crippen LogP contribution in [-0.2, 0) is 11.3 Å². The fourth-order valence-corrected chi connectivity index (χ4v) is 3.52. The molecule has 1 amide bonds. The molecule has 1 aliphatic heterocycles. The summed E-state index contributed by atoms with van der Waals surface area (Å²) in [4.78, 5) is 14.5. The number of furan rings is 1. The van der Waals surface area contributed by atoms with Crippen molar-refractivity contribution in [3.8, 4) is 5.75 Å². The van der Waals surface area contributed by atoms with Gasteiger partial charge in [0.25, 0.3) is 5.91 Å². The van der Waals surface area contributed by atoms with Crippen molar-refractivity contribution in [3.63, 3.8) is 0 Å². The molecule has 5 nitrogen and oxygen atoms in total. The minimum Gasteiger partial charge on any atom is -0.484 e. The molecule has 0 atom stereocenters. The fourth-order valence-electron chi connectivity index (χ4n) is 3.52. The highest BCUT2D eigenvalue weighted by Gasteiger charge is 2.21. The van der Waals surface area contributed by atoms with Gasteiger partial charge in [0.2, 0.25) is 0 Å². The maximum absolute atomic E-state index is 12.0. The summed E-state index contributed by atoms with van der Waals surface area (Å²) < 4.78 is 11.1. The highest BCUT2D eigenvalue weighted by Crippen LogP contribution is 2.21. The number of carbonyl (C=O) groups is 1. The summed E-state index contributed by atoms with van der Waals surface area (Å²) >= 11 is 0. The van der Waals surface area contributed by atoms with E-state index in [4.69, 9.17) is 9.15 Å². The molecule has 1 aromatic carbocycles. The minimum absolute atomic E-state index is 0.0532. The van der Waals surface area contributed by atoms with Crippen LogP contribution in [0.1, 0.15) is 35.5 Å². The summed E-state index contributed by atoms with van der Waals surface area (Å²) in [7, 11) is 0. The lowest BCUT2D eigenvalue weighted by Crippen LogP contribution is -2.39. The van der Waals surface area contributed by atoms with Gasteiger partial charge in [-0.15, -0.1) is 0 Å². The molecule has 0 aliphatic carbocycles. The number of hydrogen-bond acceptors (Lipinski definition) is 4. The van der Waals surface area contributed by atoms with Crippen molar-refractivity contribution in [1.29, 1.82) is 0 Å². The van der Waals surface area contributed by atoms with Crippen LogP contribution in [0.25, 0.3) is 0 Å². The molecule has 0 radical (unpaired) electrons. The Morgan fingerprint density at radius 3 is 2.52 bits per heavy atom. The zero-order valence-electron chi connectivity index (χ0n) is 16.6. The van der Waals surface area contributed by atoms with Crippen LogP contribution in [0.15, 0.2) is 34.7 Å². The van der Waals surface area contributed by atoms with Gasteiger partial charge >= 0.3 is 0 Å². The van der Waals surface area contributed by atoms with E-state index in [9.17, 15) is 4.79 Å². The Labute approximate surface area is 161 Å². The molecule has 5 heteroatoms. The summed E-state index contributed by atoms with van der Waals surface area (Å²) in [6.45, 7) is 9.92. The molecule has 0 saturated carbocycles. The third kappa shape index (κ3) is 5.86. The normalized spacial score (nSPS) is 15.7. The van der Waals surface area contributed by atoms with Crippen molar-refractivity contribution in [1.82, 2.24) is 10.2 Å². The smallest absolute Gasteiger partial charge is 0.257 e. The third-order valence-corrected chi connectivity index (χ3v) is 5.22. The van der Waals surface area contributed by atoms with Crippen LogP contribution in [0.2, 0.25) is 0 Å². The van der Waals surface area contributed by atoms with Crippen molar-refractivity contribution in [2.24, 2.45) is 5.92 Å². The number of nitrogens with one attached hydrogen (secondary N) is 1. The number of aryl methyl sites for hydroxylation is 3.